The number of carbonyl (C=O) groups excluding carboxylic acids is 2. The van der Waals surface area contributed by atoms with Crippen LogP contribution in [0.3, 0.4) is 0 Å². The van der Waals surface area contributed by atoms with Crippen molar-refractivity contribution in [2.45, 2.75) is 32.3 Å². The molecular weight excluding hydrogens is 508 g/mol. The quantitative estimate of drug-likeness (QED) is 0.219. The van der Waals surface area contributed by atoms with Crippen LogP contribution < -0.4 is 10.8 Å². The van der Waals surface area contributed by atoms with Crippen molar-refractivity contribution >= 4 is 17.8 Å². The van der Waals surface area contributed by atoms with E-state index in [1.807, 2.05) is 60.7 Å². The van der Waals surface area contributed by atoms with Crippen molar-refractivity contribution in [2.24, 2.45) is 0 Å². The molecule has 40 heavy (non-hydrogen) atoms. The van der Waals surface area contributed by atoms with Crippen molar-refractivity contribution in [3.63, 3.8) is 0 Å². The zero-order chi connectivity index (χ0) is 28.3. The van der Waals surface area contributed by atoms with E-state index in [9.17, 15) is 14.4 Å². The van der Waals surface area contributed by atoms with E-state index in [0.717, 1.165) is 22.3 Å². The third kappa shape index (κ3) is 7.86. The monoisotopic (exact) mass is 538 g/mol. The molecule has 4 aromatic rings. The molecule has 3 N–H and O–H groups in total. The number of carboxylic acids is 1. The molecule has 0 aromatic heterocycles. The highest BCUT2D eigenvalue weighted by Crippen LogP contribution is 2.21. The number of hydroxylamine groups is 1. The number of carboxylic acid groups (broad SMARTS) is 1. The Bertz CT molecular complexity index is 1410. The Labute approximate surface area is 232 Å². The summed E-state index contributed by atoms with van der Waals surface area (Å²) in [7, 11) is 0. The molecule has 8 heteroatoms. The SMILES string of the molecule is C[C@H](OCc1ccccc1)[C@H](NC(=O)c1ccc(-c2ccc(C(=O)O)cc2)cc1)C(=O)NOCc1ccccc1. The first-order valence-corrected chi connectivity index (χ1v) is 12.8. The van der Waals surface area contributed by atoms with Gasteiger partial charge in [-0.3, -0.25) is 14.4 Å². The van der Waals surface area contributed by atoms with Crippen LogP contribution in [0.25, 0.3) is 11.1 Å². The van der Waals surface area contributed by atoms with Crippen LogP contribution in [0.15, 0.2) is 109 Å². The maximum Gasteiger partial charge on any atom is 0.335 e. The van der Waals surface area contributed by atoms with Gasteiger partial charge in [-0.25, -0.2) is 10.3 Å². The van der Waals surface area contributed by atoms with Gasteiger partial charge in [0.05, 0.1) is 24.9 Å². The minimum Gasteiger partial charge on any atom is -0.478 e. The molecule has 204 valence electrons. The van der Waals surface area contributed by atoms with Crippen LogP contribution in [-0.2, 0) is 27.6 Å². The lowest BCUT2D eigenvalue weighted by Gasteiger charge is -2.24. The van der Waals surface area contributed by atoms with Crippen LogP contribution in [0.5, 0.6) is 0 Å². The van der Waals surface area contributed by atoms with E-state index in [0.29, 0.717) is 5.56 Å². The van der Waals surface area contributed by atoms with E-state index >= 15 is 0 Å². The topological polar surface area (TPSA) is 114 Å². The molecule has 0 aliphatic heterocycles. The summed E-state index contributed by atoms with van der Waals surface area (Å²) in [5, 5.41) is 11.9. The van der Waals surface area contributed by atoms with Crippen molar-refractivity contribution in [3.8, 4) is 11.1 Å². The molecule has 0 unspecified atom stereocenters. The van der Waals surface area contributed by atoms with Crippen molar-refractivity contribution in [3.05, 3.63) is 131 Å². The highest BCUT2D eigenvalue weighted by Gasteiger charge is 2.28. The van der Waals surface area contributed by atoms with Gasteiger partial charge in [0, 0.05) is 5.56 Å². The van der Waals surface area contributed by atoms with E-state index in [2.05, 4.69) is 10.8 Å². The van der Waals surface area contributed by atoms with Crippen LogP contribution in [0.2, 0.25) is 0 Å². The predicted molar refractivity (Wildman–Crippen MR) is 150 cm³/mol. The molecule has 0 aliphatic carbocycles. The fourth-order valence-electron chi connectivity index (χ4n) is 3.97. The maximum atomic E-state index is 13.1. The van der Waals surface area contributed by atoms with Crippen molar-refractivity contribution < 1.29 is 29.1 Å². The molecule has 0 bridgehead atoms. The molecule has 0 fully saturated rings. The number of hydrogen-bond acceptors (Lipinski definition) is 5. The van der Waals surface area contributed by atoms with Crippen LogP contribution in [0.4, 0.5) is 0 Å². The first-order chi connectivity index (χ1) is 19.4. The van der Waals surface area contributed by atoms with E-state index in [4.69, 9.17) is 14.7 Å². The third-order valence-electron chi connectivity index (χ3n) is 6.26. The van der Waals surface area contributed by atoms with Crippen LogP contribution in [0.1, 0.15) is 38.8 Å². The molecule has 0 radical (unpaired) electrons. The van der Waals surface area contributed by atoms with Gasteiger partial charge in [0.1, 0.15) is 6.04 Å². The number of benzene rings is 4. The molecule has 0 heterocycles. The van der Waals surface area contributed by atoms with Gasteiger partial charge in [-0.15, -0.1) is 0 Å². The van der Waals surface area contributed by atoms with E-state index in [1.165, 1.54) is 12.1 Å². The Morgan fingerprint density at radius 2 is 1.20 bits per heavy atom. The molecule has 2 amide bonds. The molecular formula is C32H30N2O6. The van der Waals surface area contributed by atoms with Gasteiger partial charge in [-0.2, -0.15) is 0 Å². The predicted octanol–water partition coefficient (Wildman–Crippen LogP) is 5.00. The Morgan fingerprint density at radius 1 is 0.700 bits per heavy atom. The standard InChI is InChI=1S/C32H30N2O6/c1-22(39-20-23-8-4-2-5-9-23)29(31(36)34-40-21-24-10-6-3-7-11-24)33-30(35)27-16-12-25(13-17-27)26-14-18-28(19-15-26)32(37)38/h2-19,22,29H,20-21H2,1H3,(H,33,35)(H,34,36)(H,37,38)/t22-,29-/m0/s1. The largest absolute Gasteiger partial charge is 0.478 e. The van der Waals surface area contributed by atoms with Crippen molar-refractivity contribution in [1.29, 1.82) is 0 Å². The van der Waals surface area contributed by atoms with Gasteiger partial charge >= 0.3 is 5.97 Å². The average molecular weight is 539 g/mol. The molecule has 0 aliphatic rings. The first-order valence-electron chi connectivity index (χ1n) is 12.8. The zero-order valence-electron chi connectivity index (χ0n) is 21.9. The Kier molecular flexibility index (Phi) is 9.77. The van der Waals surface area contributed by atoms with Gasteiger partial charge in [-0.05, 0) is 53.4 Å². The normalized spacial score (nSPS) is 12.2. The lowest BCUT2D eigenvalue weighted by atomic mass is 10.0. The number of ether oxygens (including phenoxy) is 1. The molecule has 0 saturated carbocycles. The second kappa shape index (κ2) is 13.8. The van der Waals surface area contributed by atoms with E-state index in [-0.39, 0.29) is 18.8 Å². The minimum atomic E-state index is -1.03. The molecule has 0 spiro atoms. The summed E-state index contributed by atoms with van der Waals surface area (Å²) in [5.74, 6) is -1.99. The molecule has 4 aromatic carbocycles. The van der Waals surface area contributed by atoms with Gasteiger partial charge in [0.15, 0.2) is 0 Å². The minimum absolute atomic E-state index is 0.168. The summed E-state index contributed by atoms with van der Waals surface area (Å²) in [5.41, 5.74) is 6.43. The fourth-order valence-corrected chi connectivity index (χ4v) is 3.97. The summed E-state index contributed by atoms with van der Waals surface area (Å²) >= 11 is 0. The number of amides is 2. The summed E-state index contributed by atoms with van der Waals surface area (Å²) in [6, 6.07) is 31.2. The second-order valence-corrected chi connectivity index (χ2v) is 9.15. The van der Waals surface area contributed by atoms with Gasteiger partial charge in [0.2, 0.25) is 0 Å². The number of aromatic carboxylic acids is 1. The Morgan fingerprint density at radius 3 is 1.73 bits per heavy atom. The number of rotatable bonds is 12. The molecule has 2 atom stereocenters. The summed E-state index contributed by atoms with van der Waals surface area (Å²) < 4.78 is 5.94. The Hall–Kier alpha value is -4.79. The highest BCUT2D eigenvalue weighted by molar-refractivity contribution is 5.98. The Balaban J connectivity index is 1.43. The summed E-state index contributed by atoms with van der Waals surface area (Å²) in [6.45, 7) is 2.15. The number of hydrogen-bond donors (Lipinski definition) is 3. The lowest BCUT2D eigenvalue weighted by molar-refractivity contribution is -0.140. The maximum absolute atomic E-state index is 13.1. The first kappa shape index (κ1) is 28.2. The van der Waals surface area contributed by atoms with Crippen molar-refractivity contribution in [2.75, 3.05) is 0 Å². The smallest absolute Gasteiger partial charge is 0.335 e. The highest BCUT2D eigenvalue weighted by atomic mass is 16.7. The second-order valence-electron chi connectivity index (χ2n) is 9.15. The molecule has 4 rings (SSSR count). The fraction of sp³-hybridized carbons (Fsp3) is 0.156. The van der Waals surface area contributed by atoms with Crippen LogP contribution >= 0.6 is 0 Å². The summed E-state index contributed by atoms with van der Waals surface area (Å²) in [4.78, 5) is 42.7. The number of nitrogens with one attached hydrogen (secondary N) is 2. The average Bonchev–Trinajstić information content (AvgIpc) is 2.99. The lowest BCUT2D eigenvalue weighted by Crippen LogP contribution is -2.53. The van der Waals surface area contributed by atoms with Crippen molar-refractivity contribution in [1.82, 2.24) is 10.8 Å². The van der Waals surface area contributed by atoms with Gasteiger partial charge in [-0.1, -0.05) is 84.9 Å². The zero-order valence-corrected chi connectivity index (χ0v) is 21.9. The molecule has 8 nitrogen and oxygen atoms in total. The third-order valence-corrected chi connectivity index (χ3v) is 6.26. The summed E-state index contributed by atoms with van der Waals surface area (Å²) in [6.07, 6.45) is -0.670. The van der Waals surface area contributed by atoms with Gasteiger partial charge in [0.25, 0.3) is 11.8 Å². The van der Waals surface area contributed by atoms with E-state index < -0.39 is 29.9 Å². The van der Waals surface area contributed by atoms with Crippen LogP contribution in [-0.4, -0.2) is 35.0 Å². The molecule has 0 saturated heterocycles. The number of carbonyl (C=O) groups is 3. The van der Waals surface area contributed by atoms with Crippen LogP contribution in [0, 0.1) is 0 Å². The van der Waals surface area contributed by atoms with Gasteiger partial charge < -0.3 is 15.2 Å². The van der Waals surface area contributed by atoms with E-state index in [1.54, 1.807) is 43.3 Å².